The molecule has 0 fully saturated rings. The molecule has 0 aliphatic carbocycles. The number of benzene rings is 2. The van der Waals surface area contributed by atoms with E-state index in [0.29, 0.717) is 22.1 Å². The molecule has 2 aromatic carbocycles. The molecule has 0 atom stereocenters. The van der Waals surface area contributed by atoms with Gasteiger partial charge in [-0.2, -0.15) is 0 Å². The summed E-state index contributed by atoms with van der Waals surface area (Å²) < 4.78 is 16.3. The molecular formula is C19H15FN4OS. The maximum Gasteiger partial charge on any atom is 0.350 e. The topological polar surface area (TPSA) is 52.2 Å². The molecule has 0 bridgehead atoms. The van der Waals surface area contributed by atoms with E-state index in [1.54, 1.807) is 24.5 Å². The van der Waals surface area contributed by atoms with Gasteiger partial charge < -0.3 is 0 Å². The molecule has 0 N–H and O–H groups in total. The van der Waals surface area contributed by atoms with Gasteiger partial charge in [0.1, 0.15) is 10.8 Å². The van der Waals surface area contributed by atoms with E-state index in [9.17, 15) is 9.18 Å². The number of fused-ring (bicyclic) bond motifs is 1. The van der Waals surface area contributed by atoms with Crippen LogP contribution >= 0.6 is 11.8 Å². The molecule has 0 spiro atoms. The summed E-state index contributed by atoms with van der Waals surface area (Å²) in [4.78, 5) is 17.7. The van der Waals surface area contributed by atoms with Gasteiger partial charge in [0.15, 0.2) is 5.65 Å². The molecule has 130 valence electrons. The van der Waals surface area contributed by atoms with E-state index in [1.165, 1.54) is 33.0 Å². The quantitative estimate of drug-likeness (QED) is 0.554. The molecule has 0 saturated heterocycles. The molecule has 0 saturated carbocycles. The van der Waals surface area contributed by atoms with Crippen molar-refractivity contribution in [3.8, 4) is 0 Å². The Kier molecular flexibility index (Phi) is 4.30. The van der Waals surface area contributed by atoms with Gasteiger partial charge in [-0.15, -0.1) is 5.10 Å². The van der Waals surface area contributed by atoms with E-state index in [4.69, 9.17) is 0 Å². The van der Waals surface area contributed by atoms with Crippen LogP contribution in [0.15, 0.2) is 75.6 Å². The highest BCUT2D eigenvalue weighted by atomic mass is 32.2. The smallest absolute Gasteiger partial charge is 0.246 e. The minimum absolute atomic E-state index is 0.231. The van der Waals surface area contributed by atoms with Crippen molar-refractivity contribution in [2.75, 3.05) is 0 Å². The predicted molar refractivity (Wildman–Crippen MR) is 98.1 cm³/mol. The first-order valence-electron chi connectivity index (χ1n) is 8.03. The van der Waals surface area contributed by atoms with Crippen molar-refractivity contribution in [3.63, 3.8) is 0 Å². The van der Waals surface area contributed by atoms with Crippen LogP contribution in [0, 0.1) is 12.7 Å². The van der Waals surface area contributed by atoms with E-state index in [1.807, 2.05) is 31.2 Å². The monoisotopic (exact) mass is 366 g/mol. The van der Waals surface area contributed by atoms with Crippen LogP contribution in [0.1, 0.15) is 11.1 Å². The van der Waals surface area contributed by atoms with Gasteiger partial charge in [-0.3, -0.25) is 0 Å². The fraction of sp³-hybridized carbons (Fsp3) is 0.105. The van der Waals surface area contributed by atoms with Crippen LogP contribution in [0.25, 0.3) is 5.65 Å². The summed E-state index contributed by atoms with van der Waals surface area (Å²) in [7, 11) is 0. The lowest BCUT2D eigenvalue weighted by Crippen LogP contribution is -2.21. The average molecular weight is 366 g/mol. The highest BCUT2D eigenvalue weighted by molar-refractivity contribution is 7.99. The third-order valence-corrected chi connectivity index (χ3v) is 4.87. The lowest BCUT2D eigenvalue weighted by Gasteiger charge is -2.02. The third-order valence-electron chi connectivity index (χ3n) is 3.89. The third kappa shape index (κ3) is 3.25. The Morgan fingerprint density at radius 3 is 2.81 bits per heavy atom. The zero-order chi connectivity index (χ0) is 18.1. The molecular weight excluding hydrogens is 351 g/mol. The van der Waals surface area contributed by atoms with Gasteiger partial charge in [-0.25, -0.2) is 23.3 Å². The molecule has 0 aliphatic rings. The summed E-state index contributed by atoms with van der Waals surface area (Å²) in [6, 6.07) is 14.2. The maximum absolute atomic E-state index is 13.4. The lowest BCUT2D eigenvalue weighted by atomic mass is 10.1. The van der Waals surface area contributed by atoms with Crippen molar-refractivity contribution in [1.82, 2.24) is 19.2 Å². The number of hydrogen-bond donors (Lipinski definition) is 0. The predicted octanol–water partition coefficient (Wildman–Crippen LogP) is 3.54. The molecule has 0 amide bonds. The maximum atomic E-state index is 13.4. The lowest BCUT2D eigenvalue weighted by molar-refractivity contribution is 0.624. The van der Waals surface area contributed by atoms with Crippen LogP contribution in [-0.4, -0.2) is 19.2 Å². The van der Waals surface area contributed by atoms with Crippen molar-refractivity contribution < 1.29 is 4.39 Å². The van der Waals surface area contributed by atoms with Crippen LogP contribution in [0.5, 0.6) is 0 Å². The van der Waals surface area contributed by atoms with Crippen molar-refractivity contribution in [2.24, 2.45) is 0 Å². The number of nitrogens with zero attached hydrogens (tertiary/aromatic N) is 4. The summed E-state index contributed by atoms with van der Waals surface area (Å²) in [6.07, 6.45) is 3.14. The van der Waals surface area contributed by atoms with Gasteiger partial charge in [-0.1, -0.05) is 47.7 Å². The number of rotatable bonds is 4. The first-order chi connectivity index (χ1) is 12.6. The van der Waals surface area contributed by atoms with Crippen LogP contribution in [0.4, 0.5) is 4.39 Å². The van der Waals surface area contributed by atoms with Crippen molar-refractivity contribution in [2.45, 2.75) is 23.4 Å². The highest BCUT2D eigenvalue weighted by Gasteiger charge is 2.13. The van der Waals surface area contributed by atoms with Gasteiger partial charge in [-0.05, 0) is 30.7 Å². The van der Waals surface area contributed by atoms with Crippen molar-refractivity contribution in [1.29, 1.82) is 0 Å². The summed E-state index contributed by atoms with van der Waals surface area (Å²) >= 11 is 1.28. The molecule has 0 aliphatic heterocycles. The second-order valence-corrected chi connectivity index (χ2v) is 6.98. The van der Waals surface area contributed by atoms with E-state index in [-0.39, 0.29) is 11.5 Å². The Bertz CT molecular complexity index is 1150. The summed E-state index contributed by atoms with van der Waals surface area (Å²) in [6.45, 7) is 2.39. The summed E-state index contributed by atoms with van der Waals surface area (Å²) in [5.74, 6) is -0.315. The molecule has 26 heavy (non-hydrogen) atoms. The first-order valence-corrected chi connectivity index (χ1v) is 8.85. The van der Waals surface area contributed by atoms with E-state index in [2.05, 4.69) is 10.1 Å². The zero-order valence-electron chi connectivity index (χ0n) is 14.0. The molecule has 5 nitrogen and oxygen atoms in total. The van der Waals surface area contributed by atoms with E-state index >= 15 is 0 Å². The van der Waals surface area contributed by atoms with Crippen LogP contribution in [0.3, 0.4) is 0 Å². The zero-order valence-corrected chi connectivity index (χ0v) is 14.8. The number of hydrogen-bond acceptors (Lipinski definition) is 4. The van der Waals surface area contributed by atoms with Gasteiger partial charge >= 0.3 is 5.69 Å². The Hall–Kier alpha value is -2.93. The second-order valence-electron chi connectivity index (χ2n) is 5.91. The Morgan fingerprint density at radius 1 is 1.15 bits per heavy atom. The molecule has 0 unspecified atom stereocenters. The standard InChI is InChI=1S/C19H15FN4OS/c1-13-4-2-5-14(10-13)12-24-19(25)23-9-8-21-18(17(23)22-24)26-16-7-3-6-15(20)11-16/h2-11H,12H2,1H3. The Balaban J connectivity index is 1.73. The first kappa shape index (κ1) is 16.5. The molecule has 4 rings (SSSR count). The molecule has 7 heteroatoms. The SMILES string of the molecule is Cc1cccc(Cn2nc3c(Sc4cccc(F)c4)nccn3c2=O)c1. The fourth-order valence-electron chi connectivity index (χ4n) is 2.73. The number of aromatic nitrogens is 4. The molecule has 0 radical (unpaired) electrons. The number of aryl methyl sites for hydroxylation is 1. The van der Waals surface area contributed by atoms with Crippen LogP contribution < -0.4 is 5.69 Å². The number of halogens is 1. The van der Waals surface area contributed by atoms with E-state index in [0.717, 1.165) is 11.1 Å². The van der Waals surface area contributed by atoms with Crippen LogP contribution in [-0.2, 0) is 6.54 Å². The molecule has 4 aromatic rings. The fourth-order valence-corrected chi connectivity index (χ4v) is 3.61. The minimum atomic E-state index is -0.315. The van der Waals surface area contributed by atoms with Crippen molar-refractivity contribution in [3.05, 3.63) is 88.4 Å². The van der Waals surface area contributed by atoms with Crippen molar-refractivity contribution >= 4 is 17.4 Å². The van der Waals surface area contributed by atoms with Gasteiger partial charge in [0, 0.05) is 17.3 Å². The summed E-state index contributed by atoms with van der Waals surface area (Å²) in [5, 5.41) is 5.00. The molecule has 2 aromatic heterocycles. The van der Waals surface area contributed by atoms with Gasteiger partial charge in [0.05, 0.1) is 6.54 Å². The van der Waals surface area contributed by atoms with E-state index < -0.39 is 0 Å². The highest BCUT2D eigenvalue weighted by Crippen LogP contribution is 2.28. The molecule has 2 heterocycles. The van der Waals surface area contributed by atoms with Gasteiger partial charge in [0.25, 0.3) is 0 Å². The van der Waals surface area contributed by atoms with Gasteiger partial charge in [0.2, 0.25) is 0 Å². The Labute approximate surface area is 153 Å². The van der Waals surface area contributed by atoms with Crippen LogP contribution in [0.2, 0.25) is 0 Å². The second kappa shape index (κ2) is 6.76. The largest absolute Gasteiger partial charge is 0.350 e. The normalized spacial score (nSPS) is 11.2. The Morgan fingerprint density at radius 2 is 2.00 bits per heavy atom. The average Bonchev–Trinajstić information content (AvgIpc) is 2.92. The summed E-state index contributed by atoms with van der Waals surface area (Å²) in [5.41, 5.74) is 2.36. The minimum Gasteiger partial charge on any atom is -0.246 e.